The van der Waals surface area contributed by atoms with Crippen LogP contribution >= 0.6 is 0 Å². The van der Waals surface area contributed by atoms with E-state index in [1.165, 1.54) is 13.8 Å². The predicted octanol–water partition coefficient (Wildman–Crippen LogP) is 0.624. The Hall–Kier alpha value is -0.0800. The maximum Gasteiger partial charge on any atom is 0.119 e. The molecule has 0 amide bonds. The highest BCUT2D eigenvalue weighted by molar-refractivity contribution is 4.50. The molecule has 0 rings (SSSR count). The lowest BCUT2D eigenvalue weighted by Gasteiger charge is -1.97. The van der Waals surface area contributed by atoms with E-state index < -0.39 is 12.2 Å². The number of hydrogen-bond acceptors (Lipinski definition) is 0. The van der Waals surface area contributed by atoms with Crippen molar-refractivity contribution in [3.05, 3.63) is 0 Å². The summed E-state index contributed by atoms with van der Waals surface area (Å²) in [5, 5.41) is 19.8. The largest absolute Gasteiger partial charge is 0.230 e. The van der Waals surface area contributed by atoms with Crippen molar-refractivity contribution < 1.29 is 10.2 Å². The second-order valence-corrected chi connectivity index (χ2v) is 1.41. The van der Waals surface area contributed by atoms with Gasteiger partial charge in [-0.15, -0.1) is 0 Å². The van der Waals surface area contributed by atoms with E-state index in [4.69, 9.17) is 0 Å². The van der Waals surface area contributed by atoms with Gasteiger partial charge in [-0.1, -0.05) is 0 Å². The van der Waals surface area contributed by atoms with Gasteiger partial charge < -0.3 is 0 Å². The molecule has 2 unspecified atom stereocenters. The molecule has 0 fully saturated rings. The van der Waals surface area contributed by atoms with Crippen molar-refractivity contribution in [1.29, 1.82) is 0 Å². The molecule has 0 N–H and O–H groups in total. The minimum absolute atomic E-state index is 0.954. The third kappa shape index (κ3) is 2.18. The molecule has 36 valence electrons. The van der Waals surface area contributed by atoms with Gasteiger partial charge in [0.25, 0.3) is 0 Å². The lowest BCUT2D eigenvalue weighted by Crippen LogP contribution is -2.14. The number of rotatable bonds is 1. The second kappa shape index (κ2) is 2.16. The maximum atomic E-state index is 9.91. The van der Waals surface area contributed by atoms with Crippen LogP contribution in [0.1, 0.15) is 13.8 Å². The van der Waals surface area contributed by atoms with Gasteiger partial charge in [0.2, 0.25) is 0 Å². The molecule has 6 heavy (non-hydrogen) atoms. The van der Waals surface area contributed by atoms with Gasteiger partial charge >= 0.3 is 0 Å². The summed E-state index contributed by atoms with van der Waals surface area (Å²) in [6, 6.07) is 0. The highest BCUT2D eigenvalue weighted by Gasteiger charge is 2.04. The van der Waals surface area contributed by atoms with Crippen LogP contribution in [0.2, 0.25) is 0 Å². The average molecular weight is 88.1 g/mol. The molecule has 0 aliphatic rings. The van der Waals surface area contributed by atoms with Crippen LogP contribution in [-0.4, -0.2) is 12.2 Å². The normalized spacial score (nSPS) is 20.0. The molecule has 0 saturated carbocycles. The van der Waals surface area contributed by atoms with E-state index in [1.807, 2.05) is 0 Å². The third-order valence-corrected chi connectivity index (χ3v) is 0.661. The maximum absolute atomic E-state index is 9.91. The second-order valence-electron chi connectivity index (χ2n) is 1.41. The fourth-order valence-electron chi connectivity index (χ4n) is 0. The fraction of sp³-hybridized carbons (Fsp3) is 1.00. The standard InChI is InChI=1S/C4H8O2/c1-3(5)4(2)6/h3-4H,1-2H3. The zero-order valence-corrected chi connectivity index (χ0v) is 3.97. The molecule has 2 heteroatoms. The molecule has 2 atom stereocenters. The summed E-state index contributed by atoms with van der Waals surface area (Å²) in [6.07, 6.45) is -1.91. The molecule has 0 spiro atoms. The molecule has 0 aromatic heterocycles. The van der Waals surface area contributed by atoms with E-state index >= 15 is 0 Å². The van der Waals surface area contributed by atoms with Gasteiger partial charge in [-0.05, 0) is 13.8 Å². The minimum Gasteiger partial charge on any atom is -0.230 e. The summed E-state index contributed by atoms with van der Waals surface area (Å²) in [7, 11) is 0. The van der Waals surface area contributed by atoms with E-state index in [0.29, 0.717) is 0 Å². The van der Waals surface area contributed by atoms with Crippen molar-refractivity contribution in [2.75, 3.05) is 0 Å². The summed E-state index contributed by atoms with van der Waals surface area (Å²) in [4.78, 5) is 0. The van der Waals surface area contributed by atoms with E-state index in [9.17, 15) is 10.2 Å². The Bertz CT molecular complexity index is 26.5. The van der Waals surface area contributed by atoms with Crippen LogP contribution in [0.5, 0.6) is 0 Å². The zero-order chi connectivity index (χ0) is 5.15. The van der Waals surface area contributed by atoms with Crippen LogP contribution in [-0.2, 0) is 10.2 Å². The van der Waals surface area contributed by atoms with Gasteiger partial charge in [-0.2, -0.15) is 0 Å². The minimum atomic E-state index is -0.954. The Morgan fingerprint density at radius 2 is 1.17 bits per heavy atom. The molecule has 0 saturated heterocycles. The van der Waals surface area contributed by atoms with E-state index in [1.54, 1.807) is 0 Å². The smallest absolute Gasteiger partial charge is 0.119 e. The van der Waals surface area contributed by atoms with E-state index in [-0.39, 0.29) is 0 Å². The molecule has 0 aliphatic heterocycles. The lowest BCUT2D eigenvalue weighted by molar-refractivity contribution is -0.0391. The molecule has 2 radical (unpaired) electrons. The van der Waals surface area contributed by atoms with Gasteiger partial charge in [0, 0.05) is 0 Å². The van der Waals surface area contributed by atoms with Crippen LogP contribution in [0, 0.1) is 0 Å². The average Bonchev–Trinajstić information content (AvgIpc) is 1.36. The quantitative estimate of drug-likeness (QED) is 0.451. The first kappa shape index (κ1) is 5.92. The van der Waals surface area contributed by atoms with Crippen LogP contribution in [0.25, 0.3) is 0 Å². The van der Waals surface area contributed by atoms with Gasteiger partial charge in [0.1, 0.15) is 12.2 Å². The predicted molar refractivity (Wildman–Crippen MR) is 20.3 cm³/mol. The Labute approximate surface area is 37.4 Å². The van der Waals surface area contributed by atoms with Crippen LogP contribution in [0.15, 0.2) is 0 Å². The molecular weight excluding hydrogens is 80.0 g/mol. The molecular formula is C4H8O2. The molecule has 2 nitrogen and oxygen atoms in total. The molecule has 0 bridgehead atoms. The zero-order valence-electron chi connectivity index (χ0n) is 3.97. The van der Waals surface area contributed by atoms with Crippen LogP contribution in [0.3, 0.4) is 0 Å². The molecule has 0 aromatic rings. The van der Waals surface area contributed by atoms with E-state index in [0.717, 1.165) is 0 Å². The summed E-state index contributed by atoms with van der Waals surface area (Å²) in [6.45, 7) is 2.75. The SMILES string of the molecule is CC([O])C(C)[O]. The Balaban J connectivity index is 2.99. The van der Waals surface area contributed by atoms with Gasteiger partial charge in [-0.3, -0.25) is 0 Å². The van der Waals surface area contributed by atoms with E-state index in [2.05, 4.69) is 0 Å². The molecule has 0 heterocycles. The first-order valence-corrected chi connectivity index (χ1v) is 1.96. The first-order valence-electron chi connectivity index (χ1n) is 1.96. The summed E-state index contributed by atoms with van der Waals surface area (Å²) < 4.78 is 0. The number of hydrogen-bond donors (Lipinski definition) is 0. The van der Waals surface area contributed by atoms with Crippen LogP contribution in [0.4, 0.5) is 0 Å². The van der Waals surface area contributed by atoms with Crippen LogP contribution < -0.4 is 0 Å². The van der Waals surface area contributed by atoms with Gasteiger partial charge in [-0.25, -0.2) is 10.2 Å². The third-order valence-electron chi connectivity index (χ3n) is 0.661. The Morgan fingerprint density at radius 3 is 1.17 bits per heavy atom. The highest BCUT2D eigenvalue weighted by atomic mass is 16.3. The summed E-state index contributed by atoms with van der Waals surface area (Å²) in [5.41, 5.74) is 0. The Kier molecular flexibility index (Phi) is 2.13. The Morgan fingerprint density at radius 1 is 1.00 bits per heavy atom. The van der Waals surface area contributed by atoms with Crippen molar-refractivity contribution in [3.8, 4) is 0 Å². The molecule has 0 aromatic carbocycles. The van der Waals surface area contributed by atoms with Crippen molar-refractivity contribution in [2.45, 2.75) is 26.1 Å². The lowest BCUT2D eigenvalue weighted by atomic mass is 10.3. The first-order chi connectivity index (χ1) is 2.64. The van der Waals surface area contributed by atoms with Crippen molar-refractivity contribution in [2.24, 2.45) is 0 Å². The molecule has 0 aliphatic carbocycles. The van der Waals surface area contributed by atoms with Crippen molar-refractivity contribution in [1.82, 2.24) is 0 Å². The summed E-state index contributed by atoms with van der Waals surface area (Å²) in [5.74, 6) is 0. The van der Waals surface area contributed by atoms with Crippen molar-refractivity contribution in [3.63, 3.8) is 0 Å². The fourth-order valence-corrected chi connectivity index (χ4v) is 0. The van der Waals surface area contributed by atoms with Gasteiger partial charge in [0.05, 0.1) is 0 Å². The highest BCUT2D eigenvalue weighted by Crippen LogP contribution is 1.88. The summed E-state index contributed by atoms with van der Waals surface area (Å²) >= 11 is 0. The van der Waals surface area contributed by atoms with Gasteiger partial charge in [0.15, 0.2) is 0 Å². The monoisotopic (exact) mass is 88.1 g/mol. The topological polar surface area (TPSA) is 39.8 Å². The van der Waals surface area contributed by atoms with Crippen molar-refractivity contribution >= 4 is 0 Å².